The Bertz CT molecular complexity index is 1700. The van der Waals surface area contributed by atoms with Crippen molar-refractivity contribution < 1.29 is 28.6 Å². The van der Waals surface area contributed by atoms with Gasteiger partial charge in [0.1, 0.15) is 13.2 Å². The smallest absolute Gasteiger partial charge is 0.306 e. The van der Waals surface area contributed by atoms with Crippen molar-refractivity contribution in [1.29, 1.82) is 0 Å². The molecular weight excluding hydrogens is 985 g/mol. The number of hydrogen-bond donors (Lipinski definition) is 0. The maximum absolute atomic E-state index is 12.9. The Morgan fingerprint density at radius 2 is 0.487 bits per heavy atom. The first-order valence-corrected chi connectivity index (χ1v) is 33.2. The summed E-state index contributed by atoms with van der Waals surface area (Å²) in [6, 6.07) is 0. The zero-order valence-electron chi connectivity index (χ0n) is 52.0. The minimum atomic E-state index is -0.804. The number of carbonyl (C=O) groups excluding carboxylic acids is 3. The number of ether oxygens (including phenoxy) is 3. The van der Waals surface area contributed by atoms with Gasteiger partial charge in [-0.15, -0.1) is 0 Å². The first-order chi connectivity index (χ1) is 39.5. The topological polar surface area (TPSA) is 78.9 Å². The summed E-state index contributed by atoms with van der Waals surface area (Å²) in [5, 5.41) is 0. The minimum Gasteiger partial charge on any atom is -0.462 e. The van der Waals surface area contributed by atoms with Gasteiger partial charge in [0, 0.05) is 19.3 Å². The lowest BCUT2D eigenvalue weighted by Crippen LogP contribution is -2.30. The average Bonchev–Trinajstić information content (AvgIpc) is 3.46. The van der Waals surface area contributed by atoms with Gasteiger partial charge >= 0.3 is 17.9 Å². The molecule has 6 heteroatoms. The molecule has 0 aliphatic rings. The van der Waals surface area contributed by atoms with Crippen molar-refractivity contribution in [1.82, 2.24) is 0 Å². The third kappa shape index (κ3) is 64.4. The van der Waals surface area contributed by atoms with E-state index in [1.54, 1.807) is 0 Å². The molecule has 0 N–H and O–H groups in total. The van der Waals surface area contributed by atoms with E-state index in [9.17, 15) is 14.4 Å². The Labute approximate surface area is 494 Å². The molecule has 0 aliphatic heterocycles. The van der Waals surface area contributed by atoms with Gasteiger partial charge in [-0.25, -0.2) is 0 Å². The van der Waals surface area contributed by atoms with Crippen LogP contribution in [0.1, 0.15) is 297 Å². The molecule has 0 aromatic heterocycles. The summed E-state index contributed by atoms with van der Waals surface area (Å²) in [5.41, 5.74) is 0. The van der Waals surface area contributed by atoms with Crippen LogP contribution in [0.3, 0.4) is 0 Å². The van der Waals surface area contributed by atoms with Gasteiger partial charge < -0.3 is 14.2 Å². The predicted molar refractivity (Wildman–Crippen MR) is 348 cm³/mol. The van der Waals surface area contributed by atoms with Crippen molar-refractivity contribution in [3.63, 3.8) is 0 Å². The van der Waals surface area contributed by atoms with Crippen LogP contribution in [0.15, 0.2) is 134 Å². The van der Waals surface area contributed by atoms with Gasteiger partial charge in [-0.2, -0.15) is 0 Å². The van der Waals surface area contributed by atoms with E-state index in [1.165, 1.54) is 116 Å². The average molecular weight is 1110 g/mol. The fourth-order valence-electron chi connectivity index (χ4n) is 8.96. The minimum absolute atomic E-state index is 0.0969. The largest absolute Gasteiger partial charge is 0.462 e. The first kappa shape index (κ1) is 75.5. The predicted octanol–water partition coefficient (Wildman–Crippen LogP) is 22.9. The molecule has 0 fully saturated rings. The number of unbranched alkanes of at least 4 members (excludes halogenated alkanes) is 26. The van der Waals surface area contributed by atoms with E-state index in [-0.39, 0.29) is 37.5 Å². The SMILES string of the molecule is CC/C=C\C/C=C\C/C=C\C/C=C\C/C=C\CCCCCCCCCCCCCCCC(=O)OCC(COC(=O)CCCCCCC/C=C\CCCCCCC)OC(=O)CCCCC/C=C\C/C=C\C/C=C\C/C=C\C/C=C\CC. The normalized spacial score (nSPS) is 13.0. The lowest BCUT2D eigenvalue weighted by molar-refractivity contribution is -0.167. The van der Waals surface area contributed by atoms with Crippen molar-refractivity contribution in [2.24, 2.45) is 0 Å². The molecule has 0 spiro atoms. The van der Waals surface area contributed by atoms with Crippen molar-refractivity contribution in [3.8, 4) is 0 Å². The van der Waals surface area contributed by atoms with Crippen LogP contribution in [0.2, 0.25) is 0 Å². The third-order valence-electron chi connectivity index (χ3n) is 13.9. The summed E-state index contributed by atoms with van der Waals surface area (Å²) in [4.78, 5) is 38.3. The van der Waals surface area contributed by atoms with E-state index in [0.29, 0.717) is 12.8 Å². The molecule has 0 amide bonds. The van der Waals surface area contributed by atoms with Gasteiger partial charge in [0.05, 0.1) is 0 Å². The zero-order valence-corrected chi connectivity index (χ0v) is 52.0. The molecule has 0 heterocycles. The Kier molecular flexibility index (Phi) is 63.3. The van der Waals surface area contributed by atoms with Gasteiger partial charge in [0.2, 0.25) is 0 Å². The maximum atomic E-state index is 12.9. The molecule has 0 aromatic rings. The van der Waals surface area contributed by atoms with Gasteiger partial charge in [-0.1, -0.05) is 276 Å². The second-order valence-electron chi connectivity index (χ2n) is 21.6. The third-order valence-corrected chi connectivity index (χ3v) is 13.9. The van der Waals surface area contributed by atoms with E-state index >= 15 is 0 Å². The molecule has 1 unspecified atom stereocenters. The molecule has 0 saturated carbocycles. The Balaban J connectivity index is 4.35. The molecule has 0 bridgehead atoms. The van der Waals surface area contributed by atoms with E-state index in [0.717, 1.165) is 141 Å². The number of carbonyl (C=O) groups is 3. The molecule has 0 aromatic carbocycles. The second-order valence-corrected chi connectivity index (χ2v) is 21.6. The van der Waals surface area contributed by atoms with Gasteiger partial charge in [0.25, 0.3) is 0 Å². The van der Waals surface area contributed by atoms with Crippen molar-refractivity contribution in [3.05, 3.63) is 134 Å². The molecule has 6 nitrogen and oxygen atoms in total. The molecule has 0 saturated heterocycles. The van der Waals surface area contributed by atoms with Crippen molar-refractivity contribution in [2.45, 2.75) is 303 Å². The van der Waals surface area contributed by atoms with Crippen LogP contribution in [0.25, 0.3) is 0 Å². The van der Waals surface area contributed by atoms with Crippen LogP contribution in [0.5, 0.6) is 0 Å². The van der Waals surface area contributed by atoms with Gasteiger partial charge in [-0.3, -0.25) is 14.4 Å². The van der Waals surface area contributed by atoms with Crippen LogP contribution >= 0.6 is 0 Å². The van der Waals surface area contributed by atoms with Crippen LogP contribution in [-0.2, 0) is 28.6 Å². The molecular formula is C74H122O6. The van der Waals surface area contributed by atoms with Crippen LogP contribution in [-0.4, -0.2) is 37.2 Å². The second kappa shape index (κ2) is 67.1. The highest BCUT2D eigenvalue weighted by atomic mass is 16.6. The Morgan fingerprint density at radius 3 is 0.787 bits per heavy atom. The van der Waals surface area contributed by atoms with Gasteiger partial charge in [-0.05, 0) is 135 Å². The van der Waals surface area contributed by atoms with Crippen LogP contribution in [0.4, 0.5) is 0 Å². The molecule has 0 rings (SSSR count). The fraction of sp³-hybridized carbons (Fsp3) is 0.662. The number of rotatable bonds is 59. The monoisotopic (exact) mass is 1110 g/mol. The van der Waals surface area contributed by atoms with Crippen molar-refractivity contribution >= 4 is 17.9 Å². The highest BCUT2D eigenvalue weighted by Crippen LogP contribution is 2.16. The first-order valence-electron chi connectivity index (χ1n) is 33.2. The number of hydrogen-bond acceptors (Lipinski definition) is 6. The fourth-order valence-corrected chi connectivity index (χ4v) is 8.96. The van der Waals surface area contributed by atoms with Crippen LogP contribution in [0, 0.1) is 0 Å². The standard InChI is InChI=1S/C74H122O6/c1-4-7-10-13-16-19-22-25-28-30-32-33-34-35-36-37-38-39-40-41-43-44-46-49-52-55-58-61-64-67-73(76)79-70-71(69-78-72(75)66-63-60-57-54-51-48-27-24-21-18-15-12-9-6-3)80-74(77)68-65-62-59-56-53-50-47-45-42-31-29-26-23-20-17-14-11-8-5-2/h7-8,10-11,16-17,19-20,24-29,32-33,35-36,42,45,50,53,71H,4-6,9,12-15,18,21-23,30-31,34,37-41,43-44,46-49,51-52,54-70H2,1-3H3/b10-7-,11-8-,19-16-,20-17-,27-24-,28-25-,29-26-,33-32-,36-35-,45-42-,53-50-. The highest BCUT2D eigenvalue weighted by Gasteiger charge is 2.19. The maximum Gasteiger partial charge on any atom is 0.306 e. The van der Waals surface area contributed by atoms with Gasteiger partial charge in [0.15, 0.2) is 6.10 Å². The van der Waals surface area contributed by atoms with E-state index in [1.807, 2.05) is 0 Å². The number of allylic oxidation sites excluding steroid dienone is 22. The Morgan fingerprint density at radius 1 is 0.263 bits per heavy atom. The molecule has 0 aliphatic carbocycles. The quantitative estimate of drug-likeness (QED) is 0.0261. The molecule has 80 heavy (non-hydrogen) atoms. The molecule has 454 valence electrons. The summed E-state index contributed by atoms with van der Waals surface area (Å²) in [7, 11) is 0. The molecule has 0 radical (unpaired) electrons. The van der Waals surface area contributed by atoms with E-state index in [4.69, 9.17) is 14.2 Å². The Hall–Kier alpha value is -4.45. The summed E-state index contributed by atoms with van der Waals surface area (Å²) in [6.07, 6.45) is 94.6. The summed E-state index contributed by atoms with van der Waals surface area (Å²) in [5.74, 6) is -0.934. The van der Waals surface area contributed by atoms with Crippen molar-refractivity contribution in [2.75, 3.05) is 13.2 Å². The molecule has 1 atom stereocenters. The highest BCUT2D eigenvalue weighted by molar-refractivity contribution is 5.71. The lowest BCUT2D eigenvalue weighted by Gasteiger charge is -2.18. The summed E-state index contributed by atoms with van der Waals surface area (Å²) in [6.45, 7) is 6.38. The van der Waals surface area contributed by atoms with Crippen LogP contribution < -0.4 is 0 Å². The van der Waals surface area contributed by atoms with E-state index in [2.05, 4.69) is 154 Å². The summed E-state index contributed by atoms with van der Waals surface area (Å²) < 4.78 is 16.9. The zero-order chi connectivity index (χ0) is 57.8. The summed E-state index contributed by atoms with van der Waals surface area (Å²) >= 11 is 0. The lowest BCUT2D eigenvalue weighted by atomic mass is 10.0. The number of esters is 3. The van der Waals surface area contributed by atoms with E-state index < -0.39 is 6.10 Å².